The Morgan fingerprint density at radius 3 is 1.99 bits per heavy atom. The molecule has 5 nitrogen and oxygen atoms in total. The van der Waals surface area contributed by atoms with E-state index in [1.807, 2.05) is 6.20 Å². The van der Waals surface area contributed by atoms with Gasteiger partial charge in [0.25, 0.3) is 0 Å². The first-order valence-corrected chi connectivity index (χ1v) is 24.1. The minimum atomic E-state index is -0.225. The van der Waals surface area contributed by atoms with Crippen molar-refractivity contribution in [2.75, 3.05) is 0 Å². The van der Waals surface area contributed by atoms with Crippen LogP contribution < -0.4 is 0 Å². The summed E-state index contributed by atoms with van der Waals surface area (Å²) in [7, 11) is 0. The van der Waals surface area contributed by atoms with Crippen LogP contribution in [0.3, 0.4) is 0 Å². The molecule has 4 heterocycles. The smallest absolute Gasteiger partial charge is 0.147 e. The molecule has 1 N–H and O–H groups in total. The van der Waals surface area contributed by atoms with Crippen LogP contribution in [0, 0.1) is 48.5 Å². The Balaban J connectivity index is 1.12. The van der Waals surface area contributed by atoms with E-state index < -0.39 is 0 Å². The van der Waals surface area contributed by atoms with E-state index in [4.69, 9.17) is 9.97 Å². The normalized spacial score (nSPS) is 12.1. The molecule has 0 fully saturated rings. The molecule has 0 radical (unpaired) electrons. The highest BCUT2D eigenvalue weighted by molar-refractivity contribution is 6.19. The third kappa shape index (κ3) is 6.82. The van der Waals surface area contributed by atoms with E-state index in [0.717, 1.165) is 67.1 Å². The molecule has 12 rings (SSSR count). The highest BCUT2D eigenvalue weighted by Gasteiger charge is 2.27. The number of rotatable bonds is 7. The Labute approximate surface area is 403 Å². The molecule has 0 spiro atoms. The van der Waals surface area contributed by atoms with Crippen molar-refractivity contribution in [1.29, 1.82) is 0 Å². The average Bonchev–Trinajstić information content (AvgIpc) is 4.01. The van der Waals surface area contributed by atoms with Gasteiger partial charge in [0, 0.05) is 55.5 Å². The molecule has 4 aromatic heterocycles. The van der Waals surface area contributed by atoms with Gasteiger partial charge in [-0.3, -0.25) is 9.13 Å². The molecule has 5 heteroatoms. The predicted molar refractivity (Wildman–Crippen MR) is 291 cm³/mol. The van der Waals surface area contributed by atoms with Crippen LogP contribution in [-0.4, -0.2) is 24.1 Å². The maximum absolute atomic E-state index is 5.80. The van der Waals surface area contributed by atoms with Crippen LogP contribution in [0.15, 0.2) is 164 Å². The monoisotopic (exact) mass is 893 g/mol. The first-order valence-electron chi connectivity index (χ1n) is 24.1. The van der Waals surface area contributed by atoms with Crippen LogP contribution in [0.4, 0.5) is 0 Å². The number of aromatic nitrogens is 5. The molecule has 0 aliphatic rings. The lowest BCUT2D eigenvalue weighted by Crippen LogP contribution is -2.19. The van der Waals surface area contributed by atoms with Crippen LogP contribution in [0.5, 0.6) is 0 Å². The lowest BCUT2D eigenvalue weighted by Gasteiger charge is -2.26. The van der Waals surface area contributed by atoms with E-state index in [1.165, 1.54) is 82.7 Å². The zero-order valence-corrected chi connectivity index (χ0v) is 40.9. The molecule has 0 amide bonds. The SMILES string of the molecule is Cc1cccc(-n2c(-c3ccc(-c4c(C)cc(C)cc4C)c4c3[nH]c3ccc(C)cc34)nc3c(-c4ccc5c6cc(C)ccc6n(-c6cc(C(C)(C)c7ccccc7)ccn6)c5c4)cc(C)cc32)c1. The first kappa shape index (κ1) is 42.3. The molecule has 336 valence electrons. The van der Waals surface area contributed by atoms with E-state index >= 15 is 0 Å². The Hall–Kier alpha value is -8.02. The fourth-order valence-corrected chi connectivity index (χ4v) is 11.4. The maximum atomic E-state index is 5.80. The Kier molecular flexibility index (Phi) is 9.68. The number of hydrogen-bond acceptors (Lipinski definition) is 2. The summed E-state index contributed by atoms with van der Waals surface area (Å²) in [5.74, 6) is 1.79. The second-order valence-corrected chi connectivity index (χ2v) is 20.1. The van der Waals surface area contributed by atoms with Crippen LogP contribution in [0.2, 0.25) is 0 Å². The molecule has 0 aliphatic heterocycles. The second kappa shape index (κ2) is 15.8. The summed E-state index contributed by atoms with van der Waals surface area (Å²) >= 11 is 0. The van der Waals surface area contributed by atoms with Crippen molar-refractivity contribution < 1.29 is 0 Å². The minimum Gasteiger partial charge on any atom is -0.354 e. The average molecular weight is 894 g/mol. The van der Waals surface area contributed by atoms with Gasteiger partial charge in [-0.15, -0.1) is 0 Å². The third-order valence-corrected chi connectivity index (χ3v) is 14.7. The van der Waals surface area contributed by atoms with Crippen LogP contribution in [0.25, 0.3) is 99.8 Å². The summed E-state index contributed by atoms with van der Waals surface area (Å²) in [6.07, 6.45) is 1.97. The van der Waals surface area contributed by atoms with E-state index in [9.17, 15) is 0 Å². The van der Waals surface area contributed by atoms with Crippen LogP contribution in [0.1, 0.15) is 63.9 Å². The summed E-state index contributed by atoms with van der Waals surface area (Å²) in [4.78, 5) is 14.8. The molecular weight excluding hydrogens is 839 g/mol. The highest BCUT2D eigenvalue weighted by Crippen LogP contribution is 2.45. The van der Waals surface area contributed by atoms with E-state index in [0.29, 0.717) is 0 Å². The molecule has 0 saturated heterocycles. The molecule has 0 bridgehead atoms. The summed E-state index contributed by atoms with van der Waals surface area (Å²) in [6.45, 7) is 20.0. The lowest BCUT2D eigenvalue weighted by molar-refractivity contribution is 0.639. The van der Waals surface area contributed by atoms with Crippen molar-refractivity contribution in [1.82, 2.24) is 24.1 Å². The lowest BCUT2D eigenvalue weighted by atomic mass is 9.78. The van der Waals surface area contributed by atoms with Crippen LogP contribution >= 0.6 is 0 Å². The quantitative estimate of drug-likeness (QED) is 0.173. The Bertz CT molecular complexity index is 4040. The number of aryl methyl sites for hydroxylation is 7. The van der Waals surface area contributed by atoms with Gasteiger partial charge in [0.15, 0.2) is 0 Å². The minimum absolute atomic E-state index is 0.225. The Morgan fingerprint density at radius 2 is 1.20 bits per heavy atom. The molecule has 0 unspecified atom stereocenters. The molecular formula is C64H55N5. The van der Waals surface area contributed by atoms with Gasteiger partial charge < -0.3 is 4.98 Å². The number of pyridine rings is 1. The largest absolute Gasteiger partial charge is 0.354 e. The van der Waals surface area contributed by atoms with Crippen molar-refractivity contribution in [3.05, 3.63) is 214 Å². The van der Waals surface area contributed by atoms with E-state index in [1.54, 1.807) is 0 Å². The van der Waals surface area contributed by atoms with Gasteiger partial charge in [0.05, 0.1) is 27.6 Å². The molecule has 12 aromatic rings. The van der Waals surface area contributed by atoms with Crippen molar-refractivity contribution >= 4 is 54.6 Å². The molecule has 0 atom stereocenters. The number of nitrogens with zero attached hydrogens (tertiary/aromatic N) is 4. The van der Waals surface area contributed by atoms with Crippen LogP contribution in [-0.2, 0) is 5.41 Å². The predicted octanol–water partition coefficient (Wildman–Crippen LogP) is 16.6. The number of nitrogens with one attached hydrogen (secondary N) is 1. The van der Waals surface area contributed by atoms with Crippen molar-refractivity contribution in [2.24, 2.45) is 0 Å². The summed E-state index contributed by atoms with van der Waals surface area (Å²) in [6, 6.07) is 58.4. The highest BCUT2D eigenvalue weighted by atomic mass is 15.1. The van der Waals surface area contributed by atoms with E-state index in [-0.39, 0.29) is 5.41 Å². The van der Waals surface area contributed by atoms with Crippen molar-refractivity contribution in [2.45, 2.75) is 67.7 Å². The van der Waals surface area contributed by atoms with Gasteiger partial charge in [-0.25, -0.2) is 9.97 Å². The van der Waals surface area contributed by atoms with Gasteiger partial charge in [-0.2, -0.15) is 0 Å². The van der Waals surface area contributed by atoms with Gasteiger partial charge in [0.2, 0.25) is 0 Å². The first-order chi connectivity index (χ1) is 33.3. The van der Waals surface area contributed by atoms with Crippen molar-refractivity contribution in [3.8, 4) is 45.1 Å². The van der Waals surface area contributed by atoms with Gasteiger partial charge in [-0.1, -0.05) is 115 Å². The number of H-pyrrole nitrogens is 1. The number of fused-ring (bicyclic) bond motifs is 7. The Morgan fingerprint density at radius 1 is 0.478 bits per heavy atom. The van der Waals surface area contributed by atoms with E-state index in [2.05, 4.69) is 234 Å². The van der Waals surface area contributed by atoms with Crippen molar-refractivity contribution in [3.63, 3.8) is 0 Å². The number of imidazole rings is 1. The topological polar surface area (TPSA) is 51.4 Å². The maximum Gasteiger partial charge on any atom is 0.147 e. The summed E-state index contributed by atoms with van der Waals surface area (Å²) < 4.78 is 4.74. The van der Waals surface area contributed by atoms with Gasteiger partial charge in [-0.05, 0) is 171 Å². The number of hydrogen-bond donors (Lipinski definition) is 1. The third-order valence-electron chi connectivity index (χ3n) is 14.7. The molecule has 8 aromatic carbocycles. The zero-order valence-electron chi connectivity index (χ0n) is 40.9. The molecule has 0 saturated carbocycles. The standard InChI is InChI=1S/C64H55N5/c1-37-14-13-17-47(30-37)68-57-34-41(5)33-51(61(57)67-63(68)50-23-22-49(59-42(6)28-40(4)29-43(59)7)60-53-32-38(2)18-24-54(53)66-62(50)60)44-20-21-48-52-31-39(3)19-25-55(52)69(56(48)35-44)58-36-46(26-27-65-58)64(8,9)45-15-11-10-12-16-45/h10-36,66H,1-9H3. The fourth-order valence-electron chi connectivity index (χ4n) is 11.4. The molecule has 69 heavy (non-hydrogen) atoms. The fraction of sp³-hybridized carbons (Fsp3) is 0.156. The van der Waals surface area contributed by atoms with Gasteiger partial charge >= 0.3 is 0 Å². The zero-order chi connectivity index (χ0) is 47.5. The summed E-state index contributed by atoms with van der Waals surface area (Å²) in [5.41, 5.74) is 24.2. The van der Waals surface area contributed by atoms with Gasteiger partial charge in [0.1, 0.15) is 11.6 Å². The number of benzene rings is 8. The second-order valence-electron chi connectivity index (χ2n) is 20.1. The summed E-state index contributed by atoms with van der Waals surface area (Å²) in [5, 5.41) is 4.85. The molecule has 0 aliphatic carbocycles. The number of aromatic amines is 1.